The standard InChI is InChI=1S/C17H27NO2/c1-13(2)15-6-8-16(9-7-15)19-12-10-18-14(3)17-5-4-11-20-17/h6-9,13-14,17-18H,4-5,10-12H2,1-3H3. The summed E-state index contributed by atoms with van der Waals surface area (Å²) in [6.45, 7) is 9.05. The van der Waals surface area contributed by atoms with Gasteiger partial charge in [0.15, 0.2) is 0 Å². The lowest BCUT2D eigenvalue weighted by atomic mass is 10.0. The molecule has 0 spiro atoms. The van der Waals surface area contributed by atoms with Crippen molar-refractivity contribution >= 4 is 0 Å². The van der Waals surface area contributed by atoms with Crippen LogP contribution in [0.25, 0.3) is 0 Å². The van der Waals surface area contributed by atoms with E-state index in [0.717, 1.165) is 18.9 Å². The van der Waals surface area contributed by atoms with Gasteiger partial charge >= 0.3 is 0 Å². The Hall–Kier alpha value is -1.06. The summed E-state index contributed by atoms with van der Waals surface area (Å²) in [6, 6.07) is 8.80. The van der Waals surface area contributed by atoms with Crippen LogP contribution in [0.4, 0.5) is 0 Å². The van der Waals surface area contributed by atoms with Crippen LogP contribution < -0.4 is 10.1 Å². The van der Waals surface area contributed by atoms with Crippen LogP contribution in [0.1, 0.15) is 45.1 Å². The van der Waals surface area contributed by atoms with Crippen molar-refractivity contribution in [1.82, 2.24) is 5.32 Å². The van der Waals surface area contributed by atoms with Crippen molar-refractivity contribution in [2.24, 2.45) is 0 Å². The Morgan fingerprint density at radius 2 is 2.00 bits per heavy atom. The summed E-state index contributed by atoms with van der Waals surface area (Å²) in [5.74, 6) is 1.51. The Bertz CT molecular complexity index is 382. The van der Waals surface area contributed by atoms with Crippen LogP contribution in [-0.2, 0) is 4.74 Å². The lowest BCUT2D eigenvalue weighted by molar-refractivity contribution is 0.0824. The molecule has 3 nitrogen and oxygen atoms in total. The number of hydrogen-bond donors (Lipinski definition) is 1. The van der Waals surface area contributed by atoms with Gasteiger partial charge in [-0.15, -0.1) is 0 Å². The zero-order valence-electron chi connectivity index (χ0n) is 12.9. The van der Waals surface area contributed by atoms with Crippen molar-refractivity contribution in [3.05, 3.63) is 29.8 Å². The van der Waals surface area contributed by atoms with E-state index in [9.17, 15) is 0 Å². The molecule has 0 amide bonds. The topological polar surface area (TPSA) is 30.5 Å². The Morgan fingerprint density at radius 1 is 1.25 bits per heavy atom. The second-order valence-electron chi connectivity index (χ2n) is 5.87. The molecule has 1 saturated heterocycles. The summed E-state index contributed by atoms with van der Waals surface area (Å²) in [6.07, 6.45) is 2.74. The maximum atomic E-state index is 5.75. The third kappa shape index (κ3) is 4.50. The molecule has 0 bridgehead atoms. The van der Waals surface area contributed by atoms with E-state index < -0.39 is 0 Å². The van der Waals surface area contributed by atoms with Crippen LogP contribution in [-0.4, -0.2) is 31.9 Å². The molecule has 112 valence electrons. The normalized spacial score (nSPS) is 20.3. The largest absolute Gasteiger partial charge is 0.492 e. The van der Waals surface area contributed by atoms with Crippen LogP contribution >= 0.6 is 0 Å². The predicted molar refractivity (Wildman–Crippen MR) is 82.5 cm³/mol. The summed E-state index contributed by atoms with van der Waals surface area (Å²) < 4.78 is 11.4. The van der Waals surface area contributed by atoms with Crippen molar-refractivity contribution in [2.45, 2.75) is 51.7 Å². The zero-order chi connectivity index (χ0) is 14.4. The SMILES string of the molecule is CC(C)c1ccc(OCCNC(C)C2CCCO2)cc1. The van der Waals surface area contributed by atoms with Crippen LogP contribution in [0.15, 0.2) is 24.3 Å². The predicted octanol–water partition coefficient (Wildman–Crippen LogP) is 3.35. The molecule has 0 aliphatic carbocycles. The first-order chi connectivity index (χ1) is 9.66. The molecule has 0 saturated carbocycles. The van der Waals surface area contributed by atoms with E-state index in [1.165, 1.54) is 18.4 Å². The first-order valence-electron chi connectivity index (χ1n) is 7.74. The number of hydrogen-bond acceptors (Lipinski definition) is 3. The Kier molecular flexibility index (Phi) is 5.86. The fraction of sp³-hybridized carbons (Fsp3) is 0.647. The van der Waals surface area contributed by atoms with Crippen molar-refractivity contribution in [2.75, 3.05) is 19.8 Å². The summed E-state index contributed by atoms with van der Waals surface area (Å²) >= 11 is 0. The number of rotatable bonds is 7. The Morgan fingerprint density at radius 3 is 2.60 bits per heavy atom. The van der Waals surface area contributed by atoms with Gasteiger partial charge in [0.2, 0.25) is 0 Å². The molecule has 2 atom stereocenters. The van der Waals surface area contributed by atoms with Gasteiger partial charge in [-0.25, -0.2) is 0 Å². The molecule has 1 aliphatic rings. The average Bonchev–Trinajstić information content (AvgIpc) is 2.98. The van der Waals surface area contributed by atoms with Crippen molar-refractivity contribution in [3.63, 3.8) is 0 Å². The van der Waals surface area contributed by atoms with Gasteiger partial charge in [0.1, 0.15) is 12.4 Å². The maximum Gasteiger partial charge on any atom is 0.119 e. The van der Waals surface area contributed by atoms with Crippen LogP contribution in [0.3, 0.4) is 0 Å². The summed E-state index contributed by atoms with van der Waals surface area (Å²) in [5, 5.41) is 3.47. The molecule has 1 heterocycles. The van der Waals surface area contributed by atoms with Gasteiger partial charge in [-0.1, -0.05) is 26.0 Å². The second-order valence-corrected chi connectivity index (χ2v) is 5.87. The molecule has 3 heteroatoms. The number of benzene rings is 1. The lowest BCUT2D eigenvalue weighted by Gasteiger charge is -2.20. The van der Waals surface area contributed by atoms with Gasteiger partial charge < -0.3 is 14.8 Å². The van der Waals surface area contributed by atoms with Gasteiger partial charge in [-0.2, -0.15) is 0 Å². The highest BCUT2D eigenvalue weighted by Crippen LogP contribution is 2.18. The third-order valence-corrected chi connectivity index (χ3v) is 3.91. The van der Waals surface area contributed by atoms with E-state index >= 15 is 0 Å². The average molecular weight is 277 g/mol. The van der Waals surface area contributed by atoms with Crippen molar-refractivity contribution < 1.29 is 9.47 Å². The molecule has 20 heavy (non-hydrogen) atoms. The van der Waals surface area contributed by atoms with Crippen molar-refractivity contribution in [1.29, 1.82) is 0 Å². The van der Waals surface area contributed by atoms with E-state index in [0.29, 0.717) is 24.7 Å². The highest BCUT2D eigenvalue weighted by Gasteiger charge is 2.21. The molecule has 2 rings (SSSR count). The minimum absolute atomic E-state index is 0.375. The van der Waals surface area contributed by atoms with E-state index in [4.69, 9.17) is 9.47 Å². The molecular formula is C17H27NO2. The molecule has 1 fully saturated rings. The van der Waals surface area contributed by atoms with Gasteiger partial charge in [0.25, 0.3) is 0 Å². The number of ether oxygens (including phenoxy) is 2. The molecular weight excluding hydrogens is 250 g/mol. The minimum Gasteiger partial charge on any atom is -0.492 e. The molecule has 1 N–H and O–H groups in total. The lowest BCUT2D eigenvalue weighted by Crippen LogP contribution is -2.39. The first-order valence-corrected chi connectivity index (χ1v) is 7.74. The van der Waals surface area contributed by atoms with Crippen LogP contribution in [0.5, 0.6) is 5.75 Å². The second kappa shape index (κ2) is 7.65. The van der Waals surface area contributed by atoms with Crippen LogP contribution in [0, 0.1) is 0 Å². The molecule has 1 aromatic rings. The fourth-order valence-corrected chi connectivity index (χ4v) is 2.53. The summed E-state index contributed by atoms with van der Waals surface area (Å²) in [4.78, 5) is 0. The smallest absolute Gasteiger partial charge is 0.119 e. The van der Waals surface area contributed by atoms with Gasteiger partial charge in [0.05, 0.1) is 6.10 Å². The van der Waals surface area contributed by atoms with E-state index in [1.807, 2.05) is 0 Å². The zero-order valence-corrected chi connectivity index (χ0v) is 12.9. The molecule has 2 unspecified atom stereocenters. The monoisotopic (exact) mass is 277 g/mol. The Balaban J connectivity index is 1.65. The summed E-state index contributed by atoms with van der Waals surface area (Å²) in [7, 11) is 0. The van der Waals surface area contributed by atoms with Gasteiger partial charge in [0, 0.05) is 19.2 Å². The van der Waals surface area contributed by atoms with E-state index in [2.05, 4.69) is 50.4 Å². The molecule has 0 aromatic heterocycles. The van der Waals surface area contributed by atoms with Crippen LogP contribution in [0.2, 0.25) is 0 Å². The van der Waals surface area contributed by atoms with Crippen molar-refractivity contribution in [3.8, 4) is 5.75 Å². The van der Waals surface area contributed by atoms with E-state index in [-0.39, 0.29) is 0 Å². The molecule has 1 aliphatic heterocycles. The Labute approximate surface area is 122 Å². The minimum atomic E-state index is 0.375. The number of nitrogens with one attached hydrogen (secondary N) is 1. The highest BCUT2D eigenvalue weighted by atomic mass is 16.5. The summed E-state index contributed by atoms with van der Waals surface area (Å²) in [5.41, 5.74) is 1.35. The third-order valence-electron chi connectivity index (χ3n) is 3.91. The quantitative estimate of drug-likeness (QED) is 0.775. The van der Waals surface area contributed by atoms with E-state index in [1.54, 1.807) is 0 Å². The van der Waals surface area contributed by atoms with Gasteiger partial charge in [-0.3, -0.25) is 0 Å². The molecule has 0 radical (unpaired) electrons. The highest BCUT2D eigenvalue weighted by molar-refractivity contribution is 5.28. The fourth-order valence-electron chi connectivity index (χ4n) is 2.53. The van der Waals surface area contributed by atoms with Gasteiger partial charge in [-0.05, 0) is 43.4 Å². The molecule has 1 aromatic carbocycles. The maximum absolute atomic E-state index is 5.75. The first kappa shape index (κ1) is 15.3.